The van der Waals surface area contributed by atoms with Crippen LogP contribution in [0, 0.1) is 5.82 Å². The third kappa shape index (κ3) is 5.86. The van der Waals surface area contributed by atoms with Crippen molar-refractivity contribution in [3.05, 3.63) is 59.4 Å². The van der Waals surface area contributed by atoms with E-state index in [1.807, 2.05) is 0 Å². The number of halogens is 3. The van der Waals surface area contributed by atoms with E-state index in [0.717, 1.165) is 34.6 Å². The Balaban J connectivity index is 2.19. The van der Waals surface area contributed by atoms with E-state index in [1.165, 1.54) is 19.1 Å². The van der Waals surface area contributed by atoms with Crippen LogP contribution in [0.5, 0.6) is 5.75 Å². The molecule has 7 nitrogen and oxygen atoms in total. The van der Waals surface area contributed by atoms with E-state index in [1.54, 1.807) is 13.8 Å². The minimum Gasteiger partial charge on any atom is -0.451 e. The van der Waals surface area contributed by atoms with Crippen molar-refractivity contribution in [2.45, 2.75) is 38.4 Å². The number of hydrogen-bond donors (Lipinski definition) is 0. The number of Topliss-reactive ketones (excluding diaryl/α,β-unsaturated/α-hetero) is 1. The van der Waals surface area contributed by atoms with E-state index in [9.17, 15) is 31.2 Å². The minimum absolute atomic E-state index is 0.0795. The number of esters is 1. The maximum Gasteiger partial charge on any atom is 0.387 e. The number of rotatable bonds is 10. The Kier molecular flexibility index (Phi) is 8.39. The smallest absolute Gasteiger partial charge is 0.387 e. The monoisotopic (exact) mass is 473 g/mol. The van der Waals surface area contributed by atoms with Gasteiger partial charge in [-0.2, -0.15) is 13.1 Å². The summed E-state index contributed by atoms with van der Waals surface area (Å²) in [6.07, 6.45) is -1.28. The molecule has 0 bridgehead atoms. The van der Waals surface area contributed by atoms with Gasteiger partial charge >= 0.3 is 12.6 Å². The molecule has 0 aliphatic rings. The number of nitrogens with zero attached hydrogens (tertiary/aromatic N) is 1. The van der Waals surface area contributed by atoms with Crippen molar-refractivity contribution in [1.29, 1.82) is 0 Å². The van der Waals surface area contributed by atoms with Crippen LogP contribution < -0.4 is 4.74 Å². The predicted octanol–water partition coefficient (Wildman–Crippen LogP) is 3.89. The van der Waals surface area contributed by atoms with Crippen LogP contribution in [-0.2, 0) is 14.8 Å². The molecule has 2 rings (SSSR count). The van der Waals surface area contributed by atoms with Gasteiger partial charge in [0.2, 0.25) is 15.8 Å². The van der Waals surface area contributed by atoms with Gasteiger partial charge < -0.3 is 9.47 Å². The first-order valence-electron chi connectivity index (χ1n) is 9.61. The molecule has 0 spiro atoms. The zero-order chi connectivity index (χ0) is 24.1. The Morgan fingerprint density at radius 3 is 2.09 bits per heavy atom. The molecule has 1 atom stereocenters. The molecule has 11 heteroatoms. The molecule has 0 fully saturated rings. The average Bonchev–Trinajstić information content (AvgIpc) is 2.74. The van der Waals surface area contributed by atoms with Gasteiger partial charge in [0.15, 0.2) is 6.10 Å². The van der Waals surface area contributed by atoms with Crippen molar-refractivity contribution in [1.82, 2.24) is 4.31 Å². The van der Waals surface area contributed by atoms with Gasteiger partial charge in [0.25, 0.3) is 0 Å². The molecular weight excluding hydrogens is 451 g/mol. The van der Waals surface area contributed by atoms with Crippen LogP contribution in [0.4, 0.5) is 13.2 Å². The normalized spacial score (nSPS) is 12.6. The second-order valence-electron chi connectivity index (χ2n) is 6.55. The number of carbonyl (C=O) groups excluding carboxylic acids is 2. The number of benzene rings is 2. The number of hydrogen-bond acceptors (Lipinski definition) is 6. The lowest BCUT2D eigenvalue weighted by molar-refractivity contribution is -0.0498. The number of ketones is 1. The van der Waals surface area contributed by atoms with E-state index in [4.69, 9.17) is 4.74 Å². The van der Waals surface area contributed by atoms with Crippen molar-refractivity contribution >= 4 is 21.8 Å². The molecule has 0 heterocycles. The van der Waals surface area contributed by atoms with Crippen molar-refractivity contribution in [3.63, 3.8) is 0 Å². The van der Waals surface area contributed by atoms with Crippen molar-refractivity contribution in [2.75, 3.05) is 13.1 Å². The molecule has 0 saturated carbocycles. The molecule has 32 heavy (non-hydrogen) atoms. The van der Waals surface area contributed by atoms with E-state index in [0.29, 0.717) is 0 Å². The Morgan fingerprint density at radius 1 is 1.00 bits per heavy atom. The number of alkyl halides is 2. The zero-order valence-electron chi connectivity index (χ0n) is 17.5. The summed E-state index contributed by atoms with van der Waals surface area (Å²) in [5, 5.41) is 0. The topological polar surface area (TPSA) is 90.0 Å². The fourth-order valence-electron chi connectivity index (χ4n) is 2.85. The van der Waals surface area contributed by atoms with Gasteiger partial charge in [-0.15, -0.1) is 0 Å². The molecule has 174 valence electrons. The Hall–Kier alpha value is -2.92. The largest absolute Gasteiger partial charge is 0.451 e. The lowest BCUT2D eigenvalue weighted by Gasteiger charge is -2.19. The van der Waals surface area contributed by atoms with Crippen LogP contribution in [-0.4, -0.2) is 50.3 Å². The van der Waals surface area contributed by atoms with Gasteiger partial charge in [-0.1, -0.05) is 13.8 Å². The van der Waals surface area contributed by atoms with Gasteiger partial charge in [-0.05, 0) is 49.4 Å². The van der Waals surface area contributed by atoms with Gasteiger partial charge in [0, 0.05) is 18.7 Å². The maximum atomic E-state index is 14.2. The van der Waals surface area contributed by atoms with Gasteiger partial charge in [0.1, 0.15) is 16.5 Å². The fourth-order valence-corrected chi connectivity index (χ4v) is 4.40. The highest BCUT2D eigenvalue weighted by molar-refractivity contribution is 7.89. The predicted molar refractivity (Wildman–Crippen MR) is 109 cm³/mol. The quantitative estimate of drug-likeness (QED) is 0.384. The highest BCUT2D eigenvalue weighted by Crippen LogP contribution is 2.22. The van der Waals surface area contributed by atoms with Crippen LogP contribution in [0.3, 0.4) is 0 Å². The maximum absolute atomic E-state index is 14.2. The summed E-state index contributed by atoms with van der Waals surface area (Å²) in [5.41, 5.74) is -0.173. The molecule has 1 unspecified atom stereocenters. The molecule has 0 aliphatic carbocycles. The van der Waals surface area contributed by atoms with Crippen molar-refractivity contribution in [3.8, 4) is 5.75 Å². The molecule has 0 aliphatic heterocycles. The summed E-state index contributed by atoms with van der Waals surface area (Å²) in [6.45, 7) is 1.69. The Morgan fingerprint density at radius 2 is 1.56 bits per heavy atom. The van der Waals surface area contributed by atoms with Crippen LogP contribution in [0.25, 0.3) is 0 Å². The molecule has 0 aromatic heterocycles. The summed E-state index contributed by atoms with van der Waals surface area (Å²) < 4.78 is 74.2. The molecule has 0 amide bonds. The summed E-state index contributed by atoms with van der Waals surface area (Å²) in [6, 6.07) is 7.54. The summed E-state index contributed by atoms with van der Waals surface area (Å²) in [7, 11) is -4.17. The first kappa shape index (κ1) is 25.3. The highest BCUT2D eigenvalue weighted by atomic mass is 32.2. The van der Waals surface area contributed by atoms with Crippen LogP contribution in [0.15, 0.2) is 47.4 Å². The standard InChI is InChI=1S/C21H22F3NO6S/c1-4-25(5-2)32(28,29)18-12-15(8-11-17(18)22)20(27)30-13(3)19(26)14-6-9-16(10-7-14)31-21(23)24/h6-13,21H,4-5H2,1-3H3. The van der Waals surface area contributed by atoms with Crippen molar-refractivity contribution in [2.24, 2.45) is 0 Å². The fraction of sp³-hybridized carbons (Fsp3) is 0.333. The molecule has 0 saturated heterocycles. The van der Waals surface area contributed by atoms with Crippen LogP contribution >= 0.6 is 0 Å². The van der Waals surface area contributed by atoms with Gasteiger partial charge in [0.05, 0.1) is 5.56 Å². The summed E-state index contributed by atoms with van der Waals surface area (Å²) in [5.74, 6) is -2.82. The molecule has 2 aromatic carbocycles. The second kappa shape index (κ2) is 10.6. The SMILES string of the molecule is CCN(CC)S(=O)(=O)c1cc(C(=O)OC(C)C(=O)c2ccc(OC(F)F)cc2)ccc1F. The highest BCUT2D eigenvalue weighted by Gasteiger charge is 2.28. The minimum atomic E-state index is -4.17. The first-order valence-corrected chi connectivity index (χ1v) is 11.0. The third-order valence-corrected chi connectivity index (χ3v) is 6.57. The van der Waals surface area contributed by atoms with Gasteiger partial charge in [-0.25, -0.2) is 17.6 Å². The lowest BCUT2D eigenvalue weighted by atomic mass is 10.1. The summed E-state index contributed by atoms with van der Waals surface area (Å²) >= 11 is 0. The van der Waals surface area contributed by atoms with E-state index in [-0.39, 0.29) is 30.0 Å². The second-order valence-corrected chi connectivity index (χ2v) is 8.46. The average molecular weight is 473 g/mol. The van der Waals surface area contributed by atoms with E-state index in [2.05, 4.69) is 4.74 Å². The third-order valence-electron chi connectivity index (χ3n) is 4.51. The molecule has 2 aromatic rings. The van der Waals surface area contributed by atoms with Crippen LogP contribution in [0.2, 0.25) is 0 Å². The Labute approximate surface area is 183 Å². The number of sulfonamides is 1. The number of ether oxygens (including phenoxy) is 2. The molecule has 0 N–H and O–H groups in total. The first-order chi connectivity index (χ1) is 15.0. The van der Waals surface area contributed by atoms with E-state index < -0.39 is 45.2 Å². The summed E-state index contributed by atoms with van der Waals surface area (Å²) in [4.78, 5) is 24.2. The zero-order valence-corrected chi connectivity index (χ0v) is 18.4. The van der Waals surface area contributed by atoms with Crippen molar-refractivity contribution < 1.29 is 40.7 Å². The van der Waals surface area contributed by atoms with Crippen LogP contribution in [0.1, 0.15) is 41.5 Å². The molecular formula is C21H22F3NO6S. The number of carbonyl (C=O) groups is 2. The van der Waals surface area contributed by atoms with Gasteiger partial charge in [-0.3, -0.25) is 4.79 Å². The lowest BCUT2D eigenvalue weighted by Crippen LogP contribution is -2.31. The Bertz CT molecular complexity index is 1070. The van der Waals surface area contributed by atoms with E-state index >= 15 is 0 Å². The molecule has 0 radical (unpaired) electrons.